The summed E-state index contributed by atoms with van der Waals surface area (Å²) < 4.78 is 2.84. The number of hydrogen-bond acceptors (Lipinski definition) is 0. The van der Waals surface area contributed by atoms with Crippen molar-refractivity contribution in [2.75, 3.05) is 0 Å². The molecule has 0 nitrogen and oxygen atoms in total. The van der Waals surface area contributed by atoms with Crippen LogP contribution in [0.1, 0.15) is 11.1 Å². The molecule has 0 aliphatic rings. The van der Waals surface area contributed by atoms with Crippen LogP contribution in [-0.2, 0) is 40.5 Å². The summed E-state index contributed by atoms with van der Waals surface area (Å²) in [7, 11) is 0. The second-order valence-electron chi connectivity index (χ2n) is 3.73. The van der Waals surface area contributed by atoms with Gasteiger partial charge in [-0.15, -0.1) is 0 Å². The van der Waals surface area contributed by atoms with Crippen molar-refractivity contribution in [1.82, 2.24) is 0 Å². The molecule has 2 aromatic carbocycles. The van der Waals surface area contributed by atoms with Gasteiger partial charge in [0, 0.05) is 0 Å². The largest absolute Gasteiger partial charge is 2.00 e. The third-order valence-electron chi connectivity index (χ3n) is 2.10. The van der Waals surface area contributed by atoms with E-state index in [1.165, 1.54) is 63.3 Å². The summed E-state index contributed by atoms with van der Waals surface area (Å²) in [5, 5.41) is 0. The molecular weight excluding hydrogens is 502 g/mol. The van der Waals surface area contributed by atoms with Crippen LogP contribution in [0.4, 0.5) is 0 Å². The van der Waals surface area contributed by atoms with E-state index in [0.717, 1.165) is 0 Å². The predicted molar refractivity (Wildman–Crippen MR) is 95.2 cm³/mol. The van der Waals surface area contributed by atoms with Crippen molar-refractivity contribution in [3.63, 3.8) is 0 Å². The van der Waals surface area contributed by atoms with Crippen molar-refractivity contribution in [3.8, 4) is 0 Å². The number of benzene rings is 2. The molecule has 96 valence electrons. The van der Waals surface area contributed by atoms with Gasteiger partial charge >= 0.3 is 126 Å². The maximum absolute atomic E-state index is 2.16. The SMILES string of the molecule is Cc1cc[c]([Sn+3])cc1.Cc1cc[c]([Sn+3])cc1.[S-2].[S-2].[S-2]. The molecule has 2 rings (SSSR count). The van der Waals surface area contributed by atoms with Crippen LogP contribution in [0.5, 0.6) is 0 Å². The minimum Gasteiger partial charge on any atom is -2.00 e. The molecule has 2 aromatic rings. The number of hydrogen-bond donors (Lipinski definition) is 0. The molecule has 0 saturated carbocycles. The second-order valence-corrected chi connectivity index (χ2v) is 7.03. The smallest absolute Gasteiger partial charge is 2.00 e. The molecule has 0 unspecified atom stereocenters. The van der Waals surface area contributed by atoms with E-state index in [2.05, 4.69) is 62.4 Å². The molecular formula is C14H14S3Sn2. The molecule has 19 heavy (non-hydrogen) atoms. The maximum atomic E-state index is 2.16. The molecule has 0 aromatic heterocycles. The van der Waals surface area contributed by atoms with Gasteiger partial charge in [0.2, 0.25) is 0 Å². The van der Waals surface area contributed by atoms with Crippen LogP contribution < -0.4 is 7.16 Å². The van der Waals surface area contributed by atoms with E-state index in [1.54, 1.807) is 0 Å². The molecule has 0 atom stereocenters. The van der Waals surface area contributed by atoms with Crippen molar-refractivity contribution in [2.45, 2.75) is 13.8 Å². The first kappa shape index (κ1) is 25.1. The van der Waals surface area contributed by atoms with Gasteiger partial charge in [0.15, 0.2) is 0 Å². The van der Waals surface area contributed by atoms with Crippen molar-refractivity contribution in [3.05, 3.63) is 59.7 Å². The standard InChI is InChI=1S/2C7H7.3S.2Sn/c2*1-7-5-3-2-4-6-7;;;;;/h2*3-6H,1H3;;;;;/q;;3*-2;2*+3. The zero-order chi connectivity index (χ0) is 12.0. The molecule has 0 aliphatic heterocycles. The van der Waals surface area contributed by atoms with Crippen LogP contribution in [-0.4, -0.2) is 45.0 Å². The summed E-state index contributed by atoms with van der Waals surface area (Å²) >= 11 is 2.99. The van der Waals surface area contributed by atoms with Gasteiger partial charge in [-0.05, 0) is 0 Å². The Bertz CT molecular complexity index is 342. The molecule has 0 heterocycles. The fourth-order valence-electron chi connectivity index (χ4n) is 1.11. The van der Waals surface area contributed by atoms with E-state index in [4.69, 9.17) is 0 Å². The molecule has 0 aliphatic carbocycles. The fraction of sp³-hybridized carbons (Fsp3) is 0.143. The van der Waals surface area contributed by atoms with Gasteiger partial charge in [0.1, 0.15) is 0 Å². The van der Waals surface area contributed by atoms with E-state index in [1.807, 2.05) is 0 Å². The Morgan fingerprint density at radius 2 is 0.737 bits per heavy atom. The van der Waals surface area contributed by atoms with E-state index in [-0.39, 0.29) is 40.5 Å². The summed E-state index contributed by atoms with van der Waals surface area (Å²) in [6.45, 7) is 4.21. The van der Waals surface area contributed by atoms with Crippen molar-refractivity contribution in [2.24, 2.45) is 0 Å². The summed E-state index contributed by atoms with van der Waals surface area (Å²) in [5.41, 5.74) is 2.69. The van der Waals surface area contributed by atoms with Gasteiger partial charge in [-0.2, -0.15) is 0 Å². The van der Waals surface area contributed by atoms with Crippen LogP contribution in [0.15, 0.2) is 48.5 Å². The second kappa shape index (κ2) is 14.0. The van der Waals surface area contributed by atoms with Gasteiger partial charge in [-0.1, -0.05) is 0 Å². The maximum Gasteiger partial charge on any atom is -2.00 e. The Hall–Kier alpha value is 1.09. The first-order valence-corrected chi connectivity index (χ1v) is 8.00. The molecule has 0 radical (unpaired) electrons. The fourth-order valence-corrected chi connectivity index (χ4v) is 2.06. The molecule has 0 bridgehead atoms. The third kappa shape index (κ3) is 12.5. The van der Waals surface area contributed by atoms with Gasteiger partial charge in [0.05, 0.1) is 0 Å². The molecule has 0 amide bonds. The quantitative estimate of drug-likeness (QED) is 0.468. The Kier molecular flexibility index (Phi) is 18.5. The topological polar surface area (TPSA) is 0 Å². The molecule has 5 heteroatoms. The Morgan fingerprint density at radius 1 is 0.526 bits per heavy atom. The first-order chi connectivity index (χ1) is 7.58. The van der Waals surface area contributed by atoms with E-state index in [9.17, 15) is 0 Å². The van der Waals surface area contributed by atoms with E-state index >= 15 is 0 Å². The van der Waals surface area contributed by atoms with Crippen LogP contribution in [0.25, 0.3) is 0 Å². The van der Waals surface area contributed by atoms with Crippen LogP contribution in [0.2, 0.25) is 0 Å². The van der Waals surface area contributed by atoms with Gasteiger partial charge in [-0.25, -0.2) is 0 Å². The first-order valence-electron chi connectivity index (χ1n) is 5.14. The zero-order valence-corrected chi connectivity index (χ0v) is 19.0. The van der Waals surface area contributed by atoms with Crippen molar-refractivity contribution in [1.29, 1.82) is 0 Å². The third-order valence-corrected chi connectivity index (χ3v) is 4.01. The monoisotopic (exact) mass is 518 g/mol. The Balaban J connectivity index is -0.000000233. The Labute approximate surface area is 164 Å². The van der Waals surface area contributed by atoms with Crippen LogP contribution in [0, 0.1) is 13.8 Å². The molecule has 0 fully saturated rings. The van der Waals surface area contributed by atoms with Crippen LogP contribution in [0.3, 0.4) is 0 Å². The number of rotatable bonds is 0. The van der Waals surface area contributed by atoms with E-state index < -0.39 is 0 Å². The van der Waals surface area contributed by atoms with Gasteiger partial charge in [-0.3, -0.25) is 0 Å². The Morgan fingerprint density at radius 3 is 0.895 bits per heavy atom. The summed E-state index contributed by atoms with van der Waals surface area (Å²) in [6, 6.07) is 17.2. The average Bonchev–Trinajstić information content (AvgIpc) is 2.28. The van der Waals surface area contributed by atoms with E-state index in [0.29, 0.717) is 0 Å². The molecule has 0 N–H and O–H groups in total. The summed E-state index contributed by atoms with van der Waals surface area (Å²) in [6.07, 6.45) is 0. The number of aryl methyl sites for hydroxylation is 2. The van der Waals surface area contributed by atoms with Crippen LogP contribution >= 0.6 is 0 Å². The van der Waals surface area contributed by atoms with Gasteiger partial charge in [0.25, 0.3) is 0 Å². The molecule has 0 spiro atoms. The average molecular weight is 516 g/mol. The summed E-state index contributed by atoms with van der Waals surface area (Å²) in [4.78, 5) is 0. The van der Waals surface area contributed by atoms with Crippen molar-refractivity contribution >= 4 is 92.7 Å². The minimum absolute atomic E-state index is 0. The van der Waals surface area contributed by atoms with Gasteiger partial charge < -0.3 is 40.5 Å². The van der Waals surface area contributed by atoms with Crippen molar-refractivity contribution < 1.29 is 0 Å². The normalized spacial score (nSPS) is 7.89. The zero-order valence-electron chi connectivity index (χ0n) is 10.8. The minimum atomic E-state index is 0. The predicted octanol–water partition coefficient (Wildman–Crippen LogP) is 1.57. The summed E-state index contributed by atoms with van der Waals surface area (Å²) in [5.74, 6) is 0. The molecule has 0 saturated heterocycles.